The van der Waals surface area contributed by atoms with Gasteiger partial charge in [-0.25, -0.2) is 8.78 Å². The van der Waals surface area contributed by atoms with Crippen molar-refractivity contribution in [2.45, 2.75) is 70.7 Å². The van der Waals surface area contributed by atoms with Gasteiger partial charge in [-0.1, -0.05) is 13.8 Å². The number of aliphatic hydroxyl groups excluding tert-OH is 1. The molecule has 0 saturated heterocycles. The minimum Gasteiger partial charge on any atom is -0.487 e. The second kappa shape index (κ2) is 10.0. The number of aryl methyl sites for hydroxylation is 2. The molecule has 0 amide bonds. The minimum atomic E-state index is -0.428. The van der Waals surface area contributed by atoms with Crippen LogP contribution in [-0.4, -0.2) is 29.2 Å². The third-order valence-corrected chi connectivity index (χ3v) is 5.52. The number of rotatable bonds is 4. The fraction of sp³-hybridized carbons (Fsp3) is 0.458. The Morgan fingerprint density at radius 2 is 1.57 bits per heavy atom. The van der Waals surface area contributed by atoms with Crippen molar-refractivity contribution in [1.29, 1.82) is 0 Å². The fourth-order valence-electron chi connectivity index (χ4n) is 3.72. The Morgan fingerprint density at radius 3 is 2.13 bits per heavy atom. The lowest BCUT2D eigenvalue weighted by atomic mass is 9.98. The maximum absolute atomic E-state index is 12.9. The van der Waals surface area contributed by atoms with E-state index in [4.69, 9.17) is 9.47 Å². The highest BCUT2D eigenvalue weighted by atomic mass is 19.1. The van der Waals surface area contributed by atoms with Gasteiger partial charge in [0.1, 0.15) is 29.2 Å². The van der Waals surface area contributed by atoms with E-state index >= 15 is 0 Å². The van der Waals surface area contributed by atoms with Gasteiger partial charge < -0.3 is 14.6 Å². The summed E-state index contributed by atoms with van der Waals surface area (Å²) in [7, 11) is 0. The first-order valence-corrected chi connectivity index (χ1v) is 10.5. The molecule has 2 aromatic carbocycles. The number of aliphatic hydroxyl groups is 1. The van der Waals surface area contributed by atoms with E-state index in [1.165, 1.54) is 24.3 Å². The Morgan fingerprint density at radius 1 is 1.00 bits per heavy atom. The number of hydrogen-bond acceptors (Lipinski definition) is 4. The van der Waals surface area contributed by atoms with E-state index in [0.717, 1.165) is 24.0 Å². The van der Waals surface area contributed by atoms with Gasteiger partial charge >= 0.3 is 0 Å². The first kappa shape index (κ1) is 22.2. The number of halogens is 2. The van der Waals surface area contributed by atoms with Gasteiger partial charge in [0.15, 0.2) is 11.9 Å². The predicted octanol–water partition coefficient (Wildman–Crippen LogP) is 4.79. The van der Waals surface area contributed by atoms with E-state index in [0.29, 0.717) is 37.2 Å². The monoisotopic (exact) mass is 418 g/mol. The van der Waals surface area contributed by atoms with Crippen LogP contribution in [0.15, 0.2) is 36.4 Å². The average molecular weight is 418 g/mol. The van der Waals surface area contributed by atoms with Gasteiger partial charge in [-0.15, -0.1) is 0 Å². The third-order valence-electron chi connectivity index (χ3n) is 5.52. The molecule has 0 fully saturated rings. The first-order chi connectivity index (χ1) is 14.4. The van der Waals surface area contributed by atoms with Crippen LogP contribution in [0.3, 0.4) is 0 Å². The molecule has 3 unspecified atom stereocenters. The zero-order valence-corrected chi connectivity index (χ0v) is 17.4. The van der Waals surface area contributed by atoms with Crippen molar-refractivity contribution < 1.29 is 28.2 Å². The van der Waals surface area contributed by atoms with Crippen LogP contribution < -0.4 is 9.47 Å². The van der Waals surface area contributed by atoms with Crippen LogP contribution in [0.2, 0.25) is 0 Å². The van der Waals surface area contributed by atoms with Crippen LogP contribution in [0.25, 0.3) is 0 Å². The van der Waals surface area contributed by atoms with E-state index in [-0.39, 0.29) is 29.6 Å². The molecular formula is C24H28F2O4. The number of benzene rings is 2. The summed E-state index contributed by atoms with van der Waals surface area (Å²) in [4.78, 5) is 11.4. The summed E-state index contributed by atoms with van der Waals surface area (Å²) in [6.45, 7) is 3.75. The first-order valence-electron chi connectivity index (χ1n) is 10.5. The molecule has 0 aliphatic carbocycles. The summed E-state index contributed by atoms with van der Waals surface area (Å²) in [5.74, 6) is 0.990. The van der Waals surface area contributed by atoms with Crippen molar-refractivity contribution in [3.8, 4) is 11.5 Å². The molecule has 4 rings (SSSR count). The number of carbonyl (C=O) groups excluding carboxylic acids is 1. The Labute approximate surface area is 175 Å². The Balaban J connectivity index is 0.000000171. The quantitative estimate of drug-likeness (QED) is 0.776. The Bertz CT molecular complexity index is 884. The normalized spacial score (nSPS) is 20.4. The van der Waals surface area contributed by atoms with Crippen molar-refractivity contribution in [3.63, 3.8) is 0 Å². The second-order valence-electron chi connectivity index (χ2n) is 7.64. The van der Waals surface area contributed by atoms with Crippen molar-refractivity contribution in [2.24, 2.45) is 0 Å². The highest BCUT2D eigenvalue weighted by molar-refractivity contribution is 5.83. The van der Waals surface area contributed by atoms with Crippen LogP contribution in [0.5, 0.6) is 11.5 Å². The fourth-order valence-corrected chi connectivity index (χ4v) is 3.72. The summed E-state index contributed by atoms with van der Waals surface area (Å²) >= 11 is 0. The van der Waals surface area contributed by atoms with Gasteiger partial charge in [0.25, 0.3) is 0 Å². The summed E-state index contributed by atoms with van der Waals surface area (Å²) in [6, 6.07) is 8.96. The molecule has 4 nitrogen and oxygen atoms in total. The molecule has 162 valence electrons. The number of fused-ring (bicyclic) bond motifs is 2. The van der Waals surface area contributed by atoms with Gasteiger partial charge in [-0.3, -0.25) is 4.79 Å². The average Bonchev–Trinajstić information content (AvgIpc) is 2.77. The number of hydrogen-bond donors (Lipinski definition) is 1. The summed E-state index contributed by atoms with van der Waals surface area (Å²) in [5, 5.41) is 9.66. The molecule has 2 aliphatic rings. The van der Waals surface area contributed by atoms with Crippen LogP contribution in [0.4, 0.5) is 8.78 Å². The number of ketones is 1. The number of Topliss-reactive ketones (excluding diaryl/α,β-unsaturated/α-hetero) is 1. The van der Waals surface area contributed by atoms with Crippen LogP contribution in [-0.2, 0) is 17.6 Å². The summed E-state index contributed by atoms with van der Waals surface area (Å²) in [6.07, 6.45) is 3.15. The van der Waals surface area contributed by atoms with Gasteiger partial charge in [-0.05, 0) is 79.6 Å². The lowest BCUT2D eigenvalue weighted by molar-refractivity contribution is -0.126. The van der Waals surface area contributed by atoms with Gasteiger partial charge in [-0.2, -0.15) is 0 Å². The lowest BCUT2D eigenvalue weighted by Gasteiger charge is -2.29. The van der Waals surface area contributed by atoms with Crippen LogP contribution in [0.1, 0.15) is 50.7 Å². The number of carbonyl (C=O) groups is 1. The molecule has 2 aliphatic heterocycles. The highest BCUT2D eigenvalue weighted by Gasteiger charge is 2.26. The molecule has 0 radical (unpaired) electrons. The topological polar surface area (TPSA) is 55.8 Å². The third kappa shape index (κ3) is 5.36. The maximum Gasteiger partial charge on any atom is 0.173 e. The van der Waals surface area contributed by atoms with E-state index in [1.54, 1.807) is 12.1 Å². The molecule has 1 N–H and O–H groups in total. The molecule has 0 bridgehead atoms. The van der Waals surface area contributed by atoms with E-state index in [2.05, 4.69) is 0 Å². The van der Waals surface area contributed by atoms with Crippen molar-refractivity contribution in [1.82, 2.24) is 0 Å². The van der Waals surface area contributed by atoms with Crippen molar-refractivity contribution in [2.75, 3.05) is 0 Å². The zero-order chi connectivity index (χ0) is 21.7. The molecule has 2 aromatic rings. The van der Waals surface area contributed by atoms with E-state index < -0.39 is 6.10 Å². The van der Waals surface area contributed by atoms with Gasteiger partial charge in [0.05, 0.1) is 6.10 Å². The predicted molar refractivity (Wildman–Crippen MR) is 110 cm³/mol. The molecule has 3 atom stereocenters. The standard InChI is InChI=1S/C12H15FO2.C12H13FO2/c2*1-2-10(14)12-5-3-8-7-9(13)4-6-11(8)15-12/h4,6-7,10,12,14H,2-3,5H2,1H3;4,6-7,12H,2-3,5H2,1H3. The second-order valence-corrected chi connectivity index (χ2v) is 7.64. The Kier molecular flexibility index (Phi) is 7.43. The molecule has 0 spiro atoms. The summed E-state index contributed by atoms with van der Waals surface area (Å²) < 4.78 is 37.0. The minimum absolute atomic E-state index is 0.116. The van der Waals surface area contributed by atoms with Crippen LogP contribution >= 0.6 is 0 Å². The Hall–Kier alpha value is -2.47. The lowest BCUT2D eigenvalue weighted by Crippen LogP contribution is -2.34. The molecule has 6 heteroatoms. The van der Waals surface area contributed by atoms with Crippen molar-refractivity contribution in [3.05, 3.63) is 59.2 Å². The van der Waals surface area contributed by atoms with Gasteiger partial charge in [0, 0.05) is 6.42 Å². The summed E-state index contributed by atoms with van der Waals surface area (Å²) in [5.41, 5.74) is 1.75. The van der Waals surface area contributed by atoms with Crippen molar-refractivity contribution >= 4 is 5.78 Å². The largest absolute Gasteiger partial charge is 0.487 e. The molecule has 2 heterocycles. The number of ether oxygens (including phenoxy) is 2. The molecule has 0 saturated carbocycles. The molecule has 0 aromatic heterocycles. The highest BCUT2D eigenvalue weighted by Crippen LogP contribution is 2.30. The van der Waals surface area contributed by atoms with Crippen LogP contribution in [0, 0.1) is 11.6 Å². The van der Waals surface area contributed by atoms with Gasteiger partial charge in [0.2, 0.25) is 0 Å². The zero-order valence-electron chi connectivity index (χ0n) is 17.4. The SMILES string of the molecule is CCC(=O)C1CCc2cc(F)ccc2O1.CCC(O)C1CCc2cc(F)ccc2O1. The smallest absolute Gasteiger partial charge is 0.173 e. The van der Waals surface area contributed by atoms with E-state index in [9.17, 15) is 18.7 Å². The maximum atomic E-state index is 12.9. The van der Waals surface area contributed by atoms with E-state index in [1.807, 2.05) is 13.8 Å². The molecular weight excluding hydrogens is 390 g/mol. The molecule has 30 heavy (non-hydrogen) atoms.